The second-order valence-electron chi connectivity index (χ2n) is 9.22. The number of anilines is 2. The highest BCUT2D eigenvalue weighted by atomic mass is 19.1. The number of benzene rings is 1. The second-order valence-corrected chi connectivity index (χ2v) is 9.22. The molecule has 4 amide bonds. The molecular formula is C23H27FN6O4. The maximum absolute atomic E-state index is 13.3. The number of aliphatic hydroxyl groups is 1. The Hall–Kier alpha value is -3.60. The predicted molar refractivity (Wildman–Crippen MR) is 122 cm³/mol. The number of nitrogens with zero attached hydrogens (tertiary/aromatic N) is 3. The molecule has 3 aliphatic rings. The summed E-state index contributed by atoms with van der Waals surface area (Å²) in [5.74, 6) is -0.404. The van der Waals surface area contributed by atoms with Gasteiger partial charge >= 0.3 is 6.03 Å². The maximum Gasteiger partial charge on any atom is 0.323 e. The van der Waals surface area contributed by atoms with E-state index in [-0.39, 0.29) is 30.9 Å². The van der Waals surface area contributed by atoms with E-state index in [0.717, 1.165) is 12.8 Å². The van der Waals surface area contributed by atoms with Gasteiger partial charge in [0.05, 0.1) is 24.0 Å². The van der Waals surface area contributed by atoms with E-state index in [0.29, 0.717) is 43.0 Å². The van der Waals surface area contributed by atoms with Gasteiger partial charge in [0, 0.05) is 24.7 Å². The Kier molecular flexibility index (Phi) is 5.64. The zero-order valence-corrected chi connectivity index (χ0v) is 18.6. The molecule has 2 fully saturated rings. The molecular weight excluding hydrogens is 443 g/mol. The minimum absolute atomic E-state index is 0.151. The normalized spacial score (nSPS) is 19.3. The van der Waals surface area contributed by atoms with Crippen LogP contribution in [0.5, 0.6) is 0 Å². The van der Waals surface area contributed by atoms with E-state index in [2.05, 4.69) is 16.1 Å². The van der Waals surface area contributed by atoms with Gasteiger partial charge in [-0.25, -0.2) is 9.18 Å². The summed E-state index contributed by atoms with van der Waals surface area (Å²) in [7, 11) is 0. The number of β-amino-alcohol motifs (C(OH)–C–C–N with tert-alkyl or cyclic N) is 1. The fourth-order valence-corrected chi connectivity index (χ4v) is 4.45. The van der Waals surface area contributed by atoms with Gasteiger partial charge in [0.15, 0.2) is 0 Å². The lowest BCUT2D eigenvalue weighted by Gasteiger charge is -2.42. The molecule has 180 valence electrons. The highest BCUT2D eigenvalue weighted by Gasteiger charge is 2.41. The number of nitrogens with one attached hydrogen (secondary N) is 3. The van der Waals surface area contributed by atoms with Crippen LogP contribution in [0.25, 0.3) is 0 Å². The van der Waals surface area contributed by atoms with E-state index in [1.165, 1.54) is 33.8 Å². The van der Waals surface area contributed by atoms with Crippen molar-refractivity contribution < 1.29 is 23.9 Å². The van der Waals surface area contributed by atoms with Crippen LogP contribution in [0.4, 0.5) is 20.6 Å². The van der Waals surface area contributed by atoms with Crippen LogP contribution in [0.1, 0.15) is 36.2 Å². The summed E-state index contributed by atoms with van der Waals surface area (Å²) in [6.45, 7) is 1.33. The van der Waals surface area contributed by atoms with Crippen molar-refractivity contribution in [1.29, 1.82) is 0 Å². The van der Waals surface area contributed by atoms with Gasteiger partial charge in [0.1, 0.15) is 18.2 Å². The lowest BCUT2D eigenvalue weighted by atomic mass is 9.90. The minimum atomic E-state index is -1.06. The zero-order chi connectivity index (χ0) is 23.9. The van der Waals surface area contributed by atoms with E-state index >= 15 is 0 Å². The molecule has 0 bridgehead atoms. The first-order valence-corrected chi connectivity index (χ1v) is 11.4. The number of halogens is 1. The van der Waals surface area contributed by atoms with E-state index in [1.807, 2.05) is 4.90 Å². The number of hydrogen-bond acceptors (Lipinski definition) is 5. The van der Waals surface area contributed by atoms with E-state index in [4.69, 9.17) is 0 Å². The molecule has 1 saturated heterocycles. The molecule has 1 aliphatic carbocycles. The lowest BCUT2D eigenvalue weighted by Crippen LogP contribution is -2.56. The van der Waals surface area contributed by atoms with Gasteiger partial charge < -0.3 is 31.0 Å². The van der Waals surface area contributed by atoms with Crippen molar-refractivity contribution >= 4 is 29.2 Å². The molecule has 0 radical (unpaired) electrons. The Bertz CT molecular complexity index is 1120. The molecule has 2 aromatic rings. The summed E-state index contributed by atoms with van der Waals surface area (Å²) in [6.07, 6.45) is 4.33. The first-order chi connectivity index (χ1) is 16.3. The number of carbonyl (C=O) groups is 3. The van der Waals surface area contributed by atoms with Crippen LogP contribution in [0, 0.1) is 11.7 Å². The highest BCUT2D eigenvalue weighted by molar-refractivity contribution is 6.01. The molecule has 2 aliphatic heterocycles. The molecule has 0 atom stereocenters. The fraction of sp³-hybridized carbons (Fsp3) is 0.435. The number of hydrogen-bond donors (Lipinski definition) is 4. The Morgan fingerprint density at radius 1 is 1.15 bits per heavy atom. The average Bonchev–Trinajstić information content (AvgIpc) is 3.56. The van der Waals surface area contributed by atoms with Crippen LogP contribution in [0.15, 0.2) is 36.5 Å². The Morgan fingerprint density at radius 3 is 2.59 bits per heavy atom. The third-order valence-corrected chi connectivity index (χ3v) is 6.52. The van der Waals surface area contributed by atoms with Crippen LogP contribution in [-0.2, 0) is 4.79 Å². The van der Waals surface area contributed by atoms with Crippen molar-refractivity contribution in [3.05, 3.63) is 48.0 Å². The zero-order valence-electron chi connectivity index (χ0n) is 18.6. The molecule has 11 heteroatoms. The minimum Gasteiger partial charge on any atom is -0.388 e. The van der Waals surface area contributed by atoms with Crippen molar-refractivity contribution in [1.82, 2.24) is 14.5 Å². The summed E-state index contributed by atoms with van der Waals surface area (Å²) in [4.78, 5) is 40.9. The van der Waals surface area contributed by atoms with Crippen LogP contribution < -0.4 is 16.1 Å². The largest absolute Gasteiger partial charge is 0.388 e. The molecule has 3 heterocycles. The number of likely N-dealkylation sites (tertiary alicyclic amines) is 1. The first-order valence-electron chi connectivity index (χ1n) is 11.4. The van der Waals surface area contributed by atoms with Gasteiger partial charge in [-0.05, 0) is 49.9 Å². The SMILES string of the molecule is O=C(Nc1cccc(F)c1)Nc1cc2n(c1)NCN(CC1(O)CCN(C(=O)C3CC3)CC1)C2=O. The van der Waals surface area contributed by atoms with Gasteiger partial charge in [-0.1, -0.05) is 6.07 Å². The molecule has 4 N–H and O–H groups in total. The Labute approximate surface area is 195 Å². The van der Waals surface area contributed by atoms with E-state index in [9.17, 15) is 23.9 Å². The van der Waals surface area contributed by atoms with E-state index in [1.54, 1.807) is 12.3 Å². The summed E-state index contributed by atoms with van der Waals surface area (Å²) >= 11 is 0. The molecule has 0 unspecified atom stereocenters. The van der Waals surface area contributed by atoms with Crippen LogP contribution in [0.2, 0.25) is 0 Å². The molecule has 1 saturated carbocycles. The summed E-state index contributed by atoms with van der Waals surface area (Å²) in [6, 6.07) is 6.49. The first kappa shape index (κ1) is 22.2. The van der Waals surface area contributed by atoms with Crippen LogP contribution in [-0.4, -0.2) is 69.3 Å². The van der Waals surface area contributed by atoms with E-state index < -0.39 is 17.4 Å². The standard InChI is InChI=1S/C23H27FN6O4/c24-16-2-1-3-17(10-16)26-22(33)27-18-11-19-21(32)29(14-25-30(19)12-18)13-23(34)6-8-28(9-7-23)20(31)15-4-5-15/h1-3,10-12,15,25,34H,4-9,13-14H2,(H2,26,27,33). The number of urea groups is 1. The third-order valence-electron chi connectivity index (χ3n) is 6.52. The highest BCUT2D eigenvalue weighted by Crippen LogP contribution is 2.33. The van der Waals surface area contributed by atoms with Crippen LogP contribution >= 0.6 is 0 Å². The summed E-state index contributed by atoms with van der Waals surface area (Å²) in [5, 5.41) is 16.2. The third kappa shape index (κ3) is 4.69. The van der Waals surface area contributed by atoms with Crippen molar-refractivity contribution in [3.8, 4) is 0 Å². The maximum atomic E-state index is 13.3. The number of carbonyl (C=O) groups excluding carboxylic acids is 3. The van der Waals surface area contributed by atoms with Crippen molar-refractivity contribution in [2.24, 2.45) is 5.92 Å². The number of fused-ring (bicyclic) bond motifs is 1. The summed E-state index contributed by atoms with van der Waals surface area (Å²) in [5.41, 5.74) is 3.03. The van der Waals surface area contributed by atoms with Crippen LogP contribution in [0.3, 0.4) is 0 Å². The molecule has 0 spiro atoms. The number of rotatable bonds is 5. The van der Waals surface area contributed by atoms with Gasteiger partial charge in [0.2, 0.25) is 5.91 Å². The lowest BCUT2D eigenvalue weighted by molar-refractivity contribution is -0.137. The number of piperidine rings is 1. The molecule has 1 aromatic heterocycles. The molecule has 5 rings (SSSR count). The Balaban J connectivity index is 1.18. The average molecular weight is 471 g/mol. The van der Waals surface area contributed by atoms with Gasteiger partial charge in [0.25, 0.3) is 5.91 Å². The summed E-state index contributed by atoms with van der Waals surface area (Å²) < 4.78 is 14.8. The van der Waals surface area contributed by atoms with Crippen molar-refractivity contribution in [2.45, 2.75) is 31.3 Å². The fourth-order valence-electron chi connectivity index (χ4n) is 4.45. The van der Waals surface area contributed by atoms with Gasteiger partial charge in [-0.2, -0.15) is 0 Å². The number of aromatic nitrogens is 1. The van der Waals surface area contributed by atoms with Gasteiger partial charge in [-0.15, -0.1) is 0 Å². The second kappa shape index (κ2) is 8.64. The smallest absolute Gasteiger partial charge is 0.323 e. The topological polar surface area (TPSA) is 119 Å². The monoisotopic (exact) mass is 470 g/mol. The Morgan fingerprint density at radius 2 is 1.88 bits per heavy atom. The molecule has 1 aromatic carbocycles. The predicted octanol–water partition coefficient (Wildman–Crippen LogP) is 1.99. The van der Waals surface area contributed by atoms with Gasteiger partial charge in [-0.3, -0.25) is 14.3 Å². The number of amides is 4. The van der Waals surface area contributed by atoms with Crippen molar-refractivity contribution in [2.75, 3.05) is 42.4 Å². The molecule has 34 heavy (non-hydrogen) atoms. The quantitative estimate of drug-likeness (QED) is 0.533. The molecule has 10 nitrogen and oxygen atoms in total. The van der Waals surface area contributed by atoms with Crippen molar-refractivity contribution in [3.63, 3.8) is 0 Å².